The van der Waals surface area contributed by atoms with Crippen molar-refractivity contribution in [3.8, 4) is 5.75 Å². The van der Waals surface area contributed by atoms with E-state index in [1.54, 1.807) is 0 Å². The molecule has 1 aliphatic heterocycles. The van der Waals surface area contributed by atoms with E-state index >= 15 is 0 Å². The first-order valence-corrected chi connectivity index (χ1v) is 7.08. The maximum Gasteiger partial charge on any atom is 0.136 e. The summed E-state index contributed by atoms with van der Waals surface area (Å²) in [7, 11) is 1.94. The highest BCUT2D eigenvalue weighted by atomic mass is 16.5. The minimum absolute atomic E-state index is 0.0986. The average Bonchev–Trinajstić information content (AvgIpc) is 2.66. The van der Waals surface area contributed by atoms with Gasteiger partial charge in [0.2, 0.25) is 0 Å². The molecular formula is C16H19N3O2. The summed E-state index contributed by atoms with van der Waals surface area (Å²) < 4.78 is 5.87. The number of benzene rings is 1. The third-order valence-electron chi connectivity index (χ3n) is 3.68. The minimum Gasteiger partial charge on any atom is -0.487 e. The molecule has 2 heterocycles. The van der Waals surface area contributed by atoms with Crippen molar-refractivity contribution >= 4 is 5.82 Å². The van der Waals surface area contributed by atoms with Crippen LogP contribution < -0.4 is 9.64 Å². The maximum absolute atomic E-state index is 9.17. The summed E-state index contributed by atoms with van der Waals surface area (Å²) in [5.41, 5.74) is 3.15. The second-order valence-corrected chi connectivity index (χ2v) is 5.24. The first-order chi connectivity index (χ1) is 10.2. The summed E-state index contributed by atoms with van der Waals surface area (Å²) in [6.45, 7) is 2.98. The van der Waals surface area contributed by atoms with Crippen LogP contribution in [0, 0.1) is 6.92 Å². The second kappa shape index (κ2) is 5.69. The first-order valence-electron chi connectivity index (χ1n) is 7.08. The van der Waals surface area contributed by atoms with Crippen LogP contribution in [0.3, 0.4) is 0 Å². The van der Waals surface area contributed by atoms with Gasteiger partial charge >= 0.3 is 0 Å². The molecule has 0 saturated heterocycles. The highest BCUT2D eigenvalue weighted by Crippen LogP contribution is 2.31. The topological polar surface area (TPSA) is 58.5 Å². The predicted octanol–water partition coefficient (Wildman–Crippen LogP) is 1.70. The fourth-order valence-electron chi connectivity index (χ4n) is 2.64. The summed E-state index contributed by atoms with van der Waals surface area (Å²) >= 11 is 0. The molecule has 0 amide bonds. The molecule has 1 aromatic heterocycles. The molecule has 1 N–H and O–H groups in total. The monoisotopic (exact) mass is 285 g/mol. The van der Waals surface area contributed by atoms with Gasteiger partial charge < -0.3 is 14.7 Å². The van der Waals surface area contributed by atoms with Gasteiger partial charge in [0.25, 0.3) is 0 Å². The lowest BCUT2D eigenvalue weighted by Crippen LogP contribution is -2.25. The van der Waals surface area contributed by atoms with Crippen molar-refractivity contribution in [2.45, 2.75) is 20.0 Å². The summed E-state index contributed by atoms with van der Waals surface area (Å²) in [6, 6.07) is 8.04. The van der Waals surface area contributed by atoms with Crippen molar-refractivity contribution in [3.05, 3.63) is 46.9 Å². The highest BCUT2D eigenvalue weighted by molar-refractivity contribution is 5.53. The molecule has 1 aromatic carbocycles. The molecule has 21 heavy (non-hydrogen) atoms. The standard InChI is InChI=1S/C16H19N3O2/c1-11-17-14-10-21-15-6-4-3-5-12(15)9-13(14)16(18-11)19(2)7-8-20/h3-6,20H,7-10H2,1-2H3. The number of aliphatic hydroxyl groups is 1. The van der Waals surface area contributed by atoms with Crippen molar-refractivity contribution < 1.29 is 9.84 Å². The molecule has 2 aromatic rings. The lowest BCUT2D eigenvalue weighted by Gasteiger charge is -2.21. The molecule has 5 heteroatoms. The third kappa shape index (κ3) is 2.69. The van der Waals surface area contributed by atoms with Gasteiger partial charge in [-0.2, -0.15) is 0 Å². The number of hydrogen-bond acceptors (Lipinski definition) is 5. The lowest BCUT2D eigenvalue weighted by atomic mass is 10.0. The Hall–Kier alpha value is -2.14. The molecule has 110 valence electrons. The van der Waals surface area contributed by atoms with Gasteiger partial charge in [-0.1, -0.05) is 18.2 Å². The SMILES string of the molecule is Cc1nc2c(c(N(C)CCO)n1)Cc1ccccc1OC2. The van der Waals surface area contributed by atoms with Crippen LogP contribution in [0.4, 0.5) is 5.82 Å². The van der Waals surface area contributed by atoms with Crippen LogP contribution in [0.15, 0.2) is 24.3 Å². The van der Waals surface area contributed by atoms with Gasteiger partial charge in [-0.15, -0.1) is 0 Å². The summed E-state index contributed by atoms with van der Waals surface area (Å²) in [5, 5.41) is 9.17. The first kappa shape index (κ1) is 13.8. The Balaban J connectivity index is 2.08. The number of aromatic nitrogens is 2. The highest BCUT2D eigenvalue weighted by Gasteiger charge is 2.21. The zero-order valence-corrected chi connectivity index (χ0v) is 12.3. The Bertz CT molecular complexity index is 658. The van der Waals surface area contributed by atoms with E-state index in [0.717, 1.165) is 40.6 Å². The fraction of sp³-hybridized carbons (Fsp3) is 0.375. The normalized spacial score (nSPS) is 12.9. The van der Waals surface area contributed by atoms with Gasteiger partial charge in [0.15, 0.2) is 0 Å². The Kier molecular flexibility index (Phi) is 3.75. The van der Waals surface area contributed by atoms with Gasteiger partial charge in [-0.3, -0.25) is 0 Å². The molecule has 0 fully saturated rings. The van der Waals surface area contributed by atoms with Crippen LogP contribution in [0.25, 0.3) is 0 Å². The van der Waals surface area contributed by atoms with Crippen molar-refractivity contribution in [1.29, 1.82) is 0 Å². The molecule has 0 atom stereocenters. The van der Waals surface area contributed by atoms with Crippen molar-refractivity contribution in [2.24, 2.45) is 0 Å². The molecule has 0 aliphatic carbocycles. The molecular weight excluding hydrogens is 266 g/mol. The number of para-hydroxylation sites is 1. The second-order valence-electron chi connectivity index (χ2n) is 5.24. The zero-order valence-electron chi connectivity index (χ0n) is 12.3. The van der Waals surface area contributed by atoms with Crippen molar-refractivity contribution in [2.75, 3.05) is 25.1 Å². The maximum atomic E-state index is 9.17. The van der Waals surface area contributed by atoms with Crippen LogP contribution in [0.2, 0.25) is 0 Å². The lowest BCUT2D eigenvalue weighted by molar-refractivity contribution is 0.301. The molecule has 0 bridgehead atoms. The number of nitrogens with zero attached hydrogens (tertiary/aromatic N) is 3. The average molecular weight is 285 g/mol. The van der Waals surface area contributed by atoms with Gasteiger partial charge in [0, 0.05) is 25.6 Å². The van der Waals surface area contributed by atoms with E-state index < -0.39 is 0 Å². The van der Waals surface area contributed by atoms with Crippen LogP contribution >= 0.6 is 0 Å². The smallest absolute Gasteiger partial charge is 0.136 e. The van der Waals surface area contributed by atoms with Gasteiger partial charge in [0.05, 0.1) is 12.3 Å². The Morgan fingerprint density at radius 1 is 1.29 bits per heavy atom. The molecule has 1 aliphatic rings. The molecule has 5 nitrogen and oxygen atoms in total. The fourth-order valence-corrected chi connectivity index (χ4v) is 2.64. The van der Waals surface area contributed by atoms with E-state index in [1.807, 2.05) is 37.1 Å². The van der Waals surface area contributed by atoms with E-state index in [0.29, 0.717) is 13.2 Å². The van der Waals surface area contributed by atoms with E-state index in [-0.39, 0.29) is 6.61 Å². The number of anilines is 1. The number of fused-ring (bicyclic) bond motifs is 2. The largest absolute Gasteiger partial charge is 0.487 e. The Labute approximate surface area is 124 Å². The van der Waals surface area contributed by atoms with Crippen molar-refractivity contribution in [3.63, 3.8) is 0 Å². The van der Waals surface area contributed by atoms with E-state index in [1.165, 1.54) is 0 Å². The molecule has 3 rings (SSSR count). The number of hydrogen-bond donors (Lipinski definition) is 1. The van der Waals surface area contributed by atoms with E-state index in [4.69, 9.17) is 4.74 Å². The minimum atomic E-state index is 0.0986. The number of likely N-dealkylation sites (N-methyl/N-ethyl adjacent to an activating group) is 1. The molecule has 0 unspecified atom stereocenters. The number of aliphatic hydroxyl groups excluding tert-OH is 1. The molecule has 0 saturated carbocycles. The van der Waals surface area contributed by atoms with Crippen LogP contribution in [0.1, 0.15) is 22.6 Å². The van der Waals surface area contributed by atoms with E-state index in [2.05, 4.69) is 16.0 Å². The summed E-state index contributed by atoms with van der Waals surface area (Å²) in [4.78, 5) is 11.1. The van der Waals surface area contributed by atoms with Crippen LogP contribution in [0.5, 0.6) is 5.75 Å². The summed E-state index contributed by atoms with van der Waals surface area (Å²) in [5.74, 6) is 2.51. The molecule has 0 radical (unpaired) electrons. The molecule has 0 spiro atoms. The zero-order chi connectivity index (χ0) is 14.8. The number of rotatable bonds is 3. The number of ether oxygens (including phenoxy) is 1. The third-order valence-corrected chi connectivity index (χ3v) is 3.68. The van der Waals surface area contributed by atoms with Crippen LogP contribution in [-0.4, -0.2) is 35.3 Å². The predicted molar refractivity (Wildman–Crippen MR) is 80.7 cm³/mol. The van der Waals surface area contributed by atoms with Gasteiger partial charge in [0.1, 0.15) is 24.0 Å². The number of aryl methyl sites for hydroxylation is 1. The van der Waals surface area contributed by atoms with Crippen LogP contribution in [-0.2, 0) is 13.0 Å². The quantitative estimate of drug-likeness (QED) is 0.930. The Morgan fingerprint density at radius 3 is 2.90 bits per heavy atom. The summed E-state index contributed by atoms with van der Waals surface area (Å²) in [6.07, 6.45) is 0.747. The van der Waals surface area contributed by atoms with Gasteiger partial charge in [-0.05, 0) is 18.6 Å². The van der Waals surface area contributed by atoms with Crippen molar-refractivity contribution in [1.82, 2.24) is 9.97 Å². The van der Waals surface area contributed by atoms with E-state index in [9.17, 15) is 5.11 Å². The Morgan fingerprint density at radius 2 is 2.10 bits per heavy atom. The van der Waals surface area contributed by atoms with Gasteiger partial charge in [-0.25, -0.2) is 9.97 Å².